The van der Waals surface area contributed by atoms with E-state index in [-0.39, 0.29) is 0 Å². The molecule has 0 aliphatic carbocycles. The molecular weight excluding hydrogens is 220 g/mol. The smallest absolute Gasteiger partial charge is 0.109 e. The maximum atomic E-state index is 4.73. The molecule has 0 spiro atoms. The van der Waals surface area contributed by atoms with Crippen molar-refractivity contribution in [1.82, 2.24) is 9.55 Å². The molecule has 1 aromatic carbocycles. The molecule has 2 aromatic rings. The summed E-state index contributed by atoms with van der Waals surface area (Å²) in [5, 5.41) is 0. The first-order valence-corrected chi connectivity index (χ1v) is 7.06. The summed E-state index contributed by atoms with van der Waals surface area (Å²) in [7, 11) is 0. The van der Waals surface area contributed by atoms with E-state index in [4.69, 9.17) is 4.98 Å². The summed E-state index contributed by atoms with van der Waals surface area (Å²) in [6, 6.07) is 8.46. The van der Waals surface area contributed by atoms with Gasteiger partial charge in [0.15, 0.2) is 0 Å². The van der Waals surface area contributed by atoms with Gasteiger partial charge in [-0.3, -0.25) is 0 Å². The minimum Gasteiger partial charge on any atom is -0.328 e. The zero-order chi connectivity index (χ0) is 13.1. The summed E-state index contributed by atoms with van der Waals surface area (Å²) < 4.78 is 2.41. The second-order valence-corrected chi connectivity index (χ2v) is 5.72. The summed E-state index contributed by atoms with van der Waals surface area (Å²) >= 11 is 0. The molecule has 2 heteroatoms. The van der Waals surface area contributed by atoms with Crippen molar-refractivity contribution in [3.63, 3.8) is 0 Å². The van der Waals surface area contributed by atoms with Gasteiger partial charge in [-0.2, -0.15) is 0 Å². The Labute approximate surface area is 110 Å². The normalized spacial score (nSPS) is 13.4. The highest BCUT2D eigenvalue weighted by Crippen LogP contribution is 2.20. The predicted octanol–water partition coefficient (Wildman–Crippen LogP) is 4.28. The maximum Gasteiger partial charge on any atom is 0.109 e. The molecule has 0 N–H and O–H groups in total. The first kappa shape index (κ1) is 13.1. The van der Waals surface area contributed by atoms with E-state index in [2.05, 4.69) is 56.5 Å². The summed E-state index contributed by atoms with van der Waals surface area (Å²) in [6.45, 7) is 10.2. The van der Waals surface area contributed by atoms with E-state index in [0.29, 0.717) is 5.92 Å². The molecule has 0 saturated heterocycles. The Hall–Kier alpha value is -1.31. The Balaban J connectivity index is 2.30. The van der Waals surface area contributed by atoms with Gasteiger partial charge in [0.1, 0.15) is 5.82 Å². The summed E-state index contributed by atoms with van der Waals surface area (Å²) in [5.41, 5.74) is 2.41. The number of para-hydroxylation sites is 2. The Morgan fingerprint density at radius 2 is 1.89 bits per heavy atom. The molecule has 0 bridgehead atoms. The van der Waals surface area contributed by atoms with Crippen LogP contribution in [0, 0.1) is 11.8 Å². The van der Waals surface area contributed by atoms with Crippen LogP contribution in [0.4, 0.5) is 0 Å². The van der Waals surface area contributed by atoms with Crippen molar-refractivity contribution in [1.29, 1.82) is 0 Å². The highest BCUT2D eigenvalue weighted by atomic mass is 15.1. The van der Waals surface area contributed by atoms with Crippen molar-refractivity contribution in [3.8, 4) is 0 Å². The predicted molar refractivity (Wildman–Crippen MR) is 77.7 cm³/mol. The third-order valence-electron chi connectivity index (χ3n) is 3.42. The average Bonchev–Trinajstić information content (AvgIpc) is 2.66. The van der Waals surface area contributed by atoms with Crippen LogP contribution in [0.15, 0.2) is 24.3 Å². The second-order valence-electron chi connectivity index (χ2n) is 5.72. The number of aryl methyl sites for hydroxylation is 1. The van der Waals surface area contributed by atoms with Gasteiger partial charge in [0, 0.05) is 13.0 Å². The third kappa shape index (κ3) is 2.74. The lowest BCUT2D eigenvalue weighted by Crippen LogP contribution is -2.12. The Morgan fingerprint density at radius 1 is 1.17 bits per heavy atom. The van der Waals surface area contributed by atoms with Gasteiger partial charge in [-0.05, 0) is 30.4 Å². The van der Waals surface area contributed by atoms with E-state index < -0.39 is 0 Å². The summed E-state index contributed by atoms with van der Waals surface area (Å²) in [4.78, 5) is 4.73. The van der Waals surface area contributed by atoms with Crippen LogP contribution in [-0.4, -0.2) is 9.55 Å². The third-order valence-corrected chi connectivity index (χ3v) is 3.42. The fraction of sp³-hybridized carbons (Fsp3) is 0.562. The molecule has 0 amide bonds. The summed E-state index contributed by atoms with van der Waals surface area (Å²) in [6.07, 6.45) is 2.28. The lowest BCUT2D eigenvalue weighted by molar-refractivity contribution is 0.389. The van der Waals surface area contributed by atoms with E-state index in [1.165, 1.54) is 17.8 Å². The number of fused-ring (bicyclic) bond motifs is 1. The van der Waals surface area contributed by atoms with Crippen LogP contribution >= 0.6 is 0 Å². The van der Waals surface area contributed by atoms with Crippen LogP contribution in [-0.2, 0) is 13.0 Å². The lowest BCUT2D eigenvalue weighted by atomic mass is 9.99. The van der Waals surface area contributed by atoms with Crippen LogP contribution in [0.5, 0.6) is 0 Å². The standard InChI is InChI=1S/C16H24N2/c1-5-16-17-14-8-6-7-9-15(14)18(16)11-13(4)10-12(2)3/h6-9,12-13H,5,10-11H2,1-4H3. The van der Waals surface area contributed by atoms with Crippen LogP contribution < -0.4 is 0 Å². The number of rotatable bonds is 5. The molecular formula is C16H24N2. The summed E-state index contributed by atoms with van der Waals surface area (Å²) in [5.74, 6) is 2.68. The average molecular weight is 244 g/mol. The highest BCUT2D eigenvalue weighted by Gasteiger charge is 2.12. The van der Waals surface area contributed by atoms with Crippen LogP contribution in [0.2, 0.25) is 0 Å². The zero-order valence-electron chi connectivity index (χ0n) is 12.0. The second kappa shape index (κ2) is 5.55. The first-order valence-electron chi connectivity index (χ1n) is 7.06. The monoisotopic (exact) mass is 244 g/mol. The minimum absolute atomic E-state index is 0.702. The van der Waals surface area contributed by atoms with Gasteiger partial charge >= 0.3 is 0 Å². The topological polar surface area (TPSA) is 17.8 Å². The fourth-order valence-corrected chi connectivity index (χ4v) is 2.79. The van der Waals surface area contributed by atoms with Crippen LogP contribution in [0.3, 0.4) is 0 Å². The Kier molecular flexibility index (Phi) is 4.05. The molecule has 0 aliphatic rings. The molecule has 98 valence electrons. The van der Waals surface area contributed by atoms with E-state index >= 15 is 0 Å². The number of nitrogens with zero attached hydrogens (tertiary/aromatic N) is 2. The maximum absolute atomic E-state index is 4.73. The fourth-order valence-electron chi connectivity index (χ4n) is 2.79. The molecule has 1 heterocycles. The van der Waals surface area contributed by atoms with Gasteiger partial charge in [-0.1, -0.05) is 39.8 Å². The number of hydrogen-bond donors (Lipinski definition) is 0. The molecule has 18 heavy (non-hydrogen) atoms. The van der Waals surface area contributed by atoms with Crippen molar-refractivity contribution in [3.05, 3.63) is 30.1 Å². The number of hydrogen-bond acceptors (Lipinski definition) is 1. The molecule has 0 radical (unpaired) electrons. The molecule has 0 fully saturated rings. The van der Waals surface area contributed by atoms with Crippen LogP contribution in [0.25, 0.3) is 11.0 Å². The minimum atomic E-state index is 0.702. The first-order chi connectivity index (χ1) is 8.61. The highest BCUT2D eigenvalue weighted by molar-refractivity contribution is 5.75. The molecule has 1 atom stereocenters. The molecule has 0 aliphatic heterocycles. The van der Waals surface area contributed by atoms with Gasteiger partial charge in [-0.25, -0.2) is 4.98 Å². The van der Waals surface area contributed by atoms with Crippen molar-refractivity contribution in [2.45, 2.75) is 47.1 Å². The number of aromatic nitrogens is 2. The number of benzene rings is 1. The van der Waals surface area contributed by atoms with Crippen molar-refractivity contribution in [2.75, 3.05) is 0 Å². The van der Waals surface area contributed by atoms with E-state index in [0.717, 1.165) is 24.4 Å². The lowest BCUT2D eigenvalue weighted by Gasteiger charge is -2.16. The van der Waals surface area contributed by atoms with Gasteiger partial charge < -0.3 is 4.57 Å². The zero-order valence-corrected chi connectivity index (χ0v) is 12.0. The largest absolute Gasteiger partial charge is 0.328 e. The molecule has 0 saturated carbocycles. The molecule has 1 aromatic heterocycles. The van der Waals surface area contributed by atoms with Gasteiger partial charge in [0.2, 0.25) is 0 Å². The molecule has 1 unspecified atom stereocenters. The molecule has 2 rings (SSSR count). The van der Waals surface area contributed by atoms with Gasteiger partial charge in [-0.15, -0.1) is 0 Å². The van der Waals surface area contributed by atoms with E-state index in [1.54, 1.807) is 0 Å². The molecule has 2 nitrogen and oxygen atoms in total. The van der Waals surface area contributed by atoms with Gasteiger partial charge in [0.25, 0.3) is 0 Å². The number of imidazole rings is 1. The van der Waals surface area contributed by atoms with Crippen molar-refractivity contribution in [2.24, 2.45) is 11.8 Å². The quantitative estimate of drug-likeness (QED) is 0.767. The SMILES string of the molecule is CCc1nc2ccccc2n1CC(C)CC(C)C. The van der Waals surface area contributed by atoms with Crippen molar-refractivity contribution >= 4 is 11.0 Å². The Bertz CT molecular complexity index is 511. The van der Waals surface area contributed by atoms with Crippen molar-refractivity contribution < 1.29 is 0 Å². The Morgan fingerprint density at radius 3 is 2.56 bits per heavy atom. The van der Waals surface area contributed by atoms with Crippen LogP contribution in [0.1, 0.15) is 39.9 Å². The van der Waals surface area contributed by atoms with E-state index in [1.807, 2.05) is 0 Å². The van der Waals surface area contributed by atoms with E-state index in [9.17, 15) is 0 Å². The van der Waals surface area contributed by atoms with Gasteiger partial charge in [0.05, 0.1) is 11.0 Å².